The molecule has 4 aromatic heterocycles. The Bertz CT molecular complexity index is 4000. The third-order valence-corrected chi connectivity index (χ3v) is 13.3. The molecule has 0 N–H and O–H groups in total. The maximum absolute atomic E-state index is 15.3. The van der Waals surface area contributed by atoms with Gasteiger partial charge in [-0.05, 0) is 111 Å². The minimum atomic E-state index is -0.323. The number of imidazole rings is 1. The molecule has 0 saturated heterocycles. The summed E-state index contributed by atoms with van der Waals surface area (Å²) in [6.07, 6.45) is 5.72. The summed E-state index contributed by atoms with van der Waals surface area (Å²) >= 11 is 0. The van der Waals surface area contributed by atoms with Crippen LogP contribution in [0.25, 0.3) is 105 Å². The summed E-state index contributed by atoms with van der Waals surface area (Å²) in [4.78, 5) is 4.90. The Morgan fingerprint density at radius 3 is 2.05 bits per heavy atom. The third kappa shape index (κ3) is 5.72. The normalized spacial score (nSPS) is 12.3. The van der Waals surface area contributed by atoms with Crippen LogP contribution in [0.3, 0.4) is 0 Å². The number of hydrogen-bond acceptors (Lipinski definition) is 3. The van der Waals surface area contributed by atoms with Crippen LogP contribution in [0.1, 0.15) is 31.9 Å². The fraction of sp³-hybridized carbons (Fsp3) is 0.0847. The molecule has 0 fully saturated rings. The molecule has 7 heteroatoms. The molecule has 0 amide bonds. The molecular formula is C59H41FN4O2. The molecule has 66 heavy (non-hydrogen) atoms. The lowest BCUT2D eigenvalue weighted by Gasteiger charge is -2.20. The number of fused-ring (bicyclic) bond motifs is 13. The van der Waals surface area contributed by atoms with Gasteiger partial charge in [-0.3, -0.25) is 13.7 Å². The van der Waals surface area contributed by atoms with Gasteiger partial charge in [-0.2, -0.15) is 0 Å². The maximum atomic E-state index is 15.3. The fourth-order valence-electron chi connectivity index (χ4n) is 10.1. The first-order valence-corrected chi connectivity index (χ1v) is 22.3. The van der Waals surface area contributed by atoms with Gasteiger partial charge < -0.3 is 9.15 Å². The van der Waals surface area contributed by atoms with E-state index in [4.69, 9.17) is 14.1 Å². The zero-order valence-corrected chi connectivity index (χ0v) is 36.7. The van der Waals surface area contributed by atoms with Crippen LogP contribution in [0.2, 0.25) is 0 Å². The Morgan fingerprint density at radius 2 is 1.26 bits per heavy atom. The van der Waals surface area contributed by atoms with E-state index in [0.717, 1.165) is 82.9 Å². The van der Waals surface area contributed by atoms with E-state index in [1.165, 1.54) is 17.2 Å². The summed E-state index contributed by atoms with van der Waals surface area (Å²) in [7, 11) is 0. The predicted octanol–water partition coefficient (Wildman–Crippen LogP) is 15.0. The van der Waals surface area contributed by atoms with Crippen molar-refractivity contribution < 1.29 is 18.1 Å². The topological polar surface area (TPSA) is 49.0 Å². The number of ether oxygens (including phenoxy) is 1. The van der Waals surface area contributed by atoms with E-state index in [1.807, 2.05) is 30.5 Å². The van der Waals surface area contributed by atoms with Crippen molar-refractivity contribution in [2.24, 2.45) is 0 Å². The Balaban J connectivity index is 1.06. The van der Waals surface area contributed by atoms with Crippen molar-refractivity contribution in [3.8, 4) is 62.1 Å². The molecule has 0 bridgehead atoms. The molecule has 6 nitrogen and oxygen atoms in total. The second-order valence-corrected chi connectivity index (χ2v) is 18.4. The molecule has 0 spiro atoms. The summed E-state index contributed by atoms with van der Waals surface area (Å²) in [6.45, 7) is 8.44. The van der Waals surface area contributed by atoms with Crippen LogP contribution in [0, 0.1) is 19.1 Å². The molecule has 0 unspecified atom stereocenters. The van der Waals surface area contributed by atoms with Crippen molar-refractivity contribution in [2.75, 3.05) is 0 Å². The average Bonchev–Trinajstić information content (AvgIpc) is 4.01. The van der Waals surface area contributed by atoms with E-state index in [-0.39, 0.29) is 11.2 Å². The number of hydrogen-bond donors (Lipinski definition) is 0. The van der Waals surface area contributed by atoms with Crippen LogP contribution in [0.15, 0.2) is 180 Å². The van der Waals surface area contributed by atoms with E-state index < -0.39 is 0 Å². The lowest BCUT2D eigenvalue weighted by atomic mass is 9.88. The lowest BCUT2D eigenvalue weighted by molar-refractivity contribution is -0.571. The number of rotatable bonds is 4. The van der Waals surface area contributed by atoms with Crippen molar-refractivity contribution in [3.05, 3.63) is 199 Å². The minimum absolute atomic E-state index is 0.0548. The van der Waals surface area contributed by atoms with Crippen LogP contribution in [-0.2, 0) is 5.41 Å². The first-order valence-electron chi connectivity index (χ1n) is 22.3. The van der Waals surface area contributed by atoms with Gasteiger partial charge in [0.25, 0.3) is 6.33 Å². The van der Waals surface area contributed by atoms with E-state index in [2.05, 4.69) is 180 Å². The molecule has 5 heterocycles. The highest BCUT2D eigenvalue weighted by atomic mass is 19.1. The molecule has 12 aromatic rings. The summed E-state index contributed by atoms with van der Waals surface area (Å²) in [6, 6.07) is 58.5. The highest BCUT2D eigenvalue weighted by Gasteiger charge is 2.26. The number of benzene rings is 8. The van der Waals surface area contributed by atoms with Gasteiger partial charge in [0.1, 0.15) is 40.0 Å². The van der Waals surface area contributed by atoms with Crippen molar-refractivity contribution >= 4 is 54.8 Å². The van der Waals surface area contributed by atoms with Gasteiger partial charge in [0, 0.05) is 39.9 Å². The van der Waals surface area contributed by atoms with Crippen LogP contribution in [0.4, 0.5) is 4.39 Å². The SMILES string of the molecule is Cc1cc2c(cc1F)oc1c(-n3[c-][n+]4c5c(cccc53)-c3ccccc3-c3ccccc3-c3ccccc3-4)cc(Oc3ccc4c5ccccc5n(-c5cc(C(C)(C)C)ccn5)c4c3)cc12. The van der Waals surface area contributed by atoms with Crippen LogP contribution < -0.4 is 9.30 Å². The quantitative estimate of drug-likeness (QED) is 0.131. The van der Waals surface area contributed by atoms with E-state index >= 15 is 4.39 Å². The van der Waals surface area contributed by atoms with E-state index in [0.29, 0.717) is 33.9 Å². The Kier molecular flexibility index (Phi) is 8.16. The smallest absolute Gasteiger partial charge is 0.270 e. The number of furan rings is 1. The standard InChI is InChI=1S/C59H41FN4O2/c1-35-28-47-48-30-38(65-37-24-25-45-44-19-10-12-22-51(44)64(53(45)31-37)56-29-36(26-27-61-56)59(2,3)4)32-54(58(48)66-55(47)33-49(35)60)62-34-63-50-21-11-9-18-43(50)41-16-7-5-14-39(41)40-15-6-8-17-42(40)46-20-13-23-52(62)57(46)63/h5-33H,1-4H3. The van der Waals surface area contributed by atoms with Crippen LogP contribution >= 0.6 is 0 Å². The Labute approximate surface area is 380 Å². The zero-order valence-electron chi connectivity index (χ0n) is 36.7. The van der Waals surface area contributed by atoms with Gasteiger partial charge >= 0.3 is 0 Å². The summed E-state index contributed by atoms with van der Waals surface area (Å²) < 4.78 is 35.4. The van der Waals surface area contributed by atoms with E-state index in [9.17, 15) is 0 Å². The Morgan fingerprint density at radius 1 is 0.591 bits per heavy atom. The second-order valence-electron chi connectivity index (χ2n) is 18.4. The zero-order chi connectivity index (χ0) is 44.4. The first kappa shape index (κ1) is 38.2. The van der Waals surface area contributed by atoms with Gasteiger partial charge in [0.2, 0.25) is 0 Å². The van der Waals surface area contributed by atoms with Gasteiger partial charge in [-0.1, -0.05) is 124 Å². The van der Waals surface area contributed by atoms with Gasteiger partial charge in [0.05, 0.1) is 27.8 Å². The third-order valence-electron chi connectivity index (χ3n) is 13.3. The molecule has 1 aliphatic heterocycles. The molecular weight excluding hydrogens is 816 g/mol. The van der Waals surface area contributed by atoms with Crippen molar-refractivity contribution in [1.29, 1.82) is 0 Å². The number of para-hydroxylation sites is 3. The number of aryl methyl sites for hydroxylation is 1. The minimum Gasteiger partial charge on any atom is -0.459 e. The van der Waals surface area contributed by atoms with Crippen molar-refractivity contribution in [1.82, 2.24) is 14.1 Å². The van der Waals surface area contributed by atoms with Gasteiger partial charge in [0.15, 0.2) is 0 Å². The summed E-state index contributed by atoms with van der Waals surface area (Å²) in [5, 5.41) is 3.83. The first-order chi connectivity index (χ1) is 32.2. The largest absolute Gasteiger partial charge is 0.459 e. The van der Waals surface area contributed by atoms with Crippen molar-refractivity contribution in [2.45, 2.75) is 33.1 Å². The molecule has 0 radical (unpaired) electrons. The van der Waals surface area contributed by atoms with Gasteiger partial charge in [-0.15, -0.1) is 0 Å². The molecule has 0 atom stereocenters. The molecule has 13 rings (SSSR count). The number of pyridine rings is 1. The lowest BCUT2D eigenvalue weighted by Crippen LogP contribution is -2.30. The second kappa shape index (κ2) is 14.1. The fourth-order valence-corrected chi connectivity index (χ4v) is 10.1. The number of nitrogens with zero attached hydrogens (tertiary/aromatic N) is 4. The summed E-state index contributed by atoms with van der Waals surface area (Å²) in [5.41, 5.74) is 15.1. The van der Waals surface area contributed by atoms with Crippen molar-refractivity contribution in [3.63, 3.8) is 0 Å². The van der Waals surface area contributed by atoms with Gasteiger partial charge in [-0.25, -0.2) is 9.37 Å². The molecule has 0 saturated carbocycles. The van der Waals surface area contributed by atoms with Crippen LogP contribution in [-0.4, -0.2) is 14.1 Å². The number of aromatic nitrogens is 4. The maximum Gasteiger partial charge on any atom is 0.270 e. The molecule has 0 aliphatic carbocycles. The summed E-state index contributed by atoms with van der Waals surface area (Å²) in [5.74, 6) is 1.77. The predicted molar refractivity (Wildman–Crippen MR) is 263 cm³/mol. The van der Waals surface area contributed by atoms with Crippen LogP contribution in [0.5, 0.6) is 11.5 Å². The monoisotopic (exact) mass is 856 g/mol. The molecule has 1 aliphatic rings. The highest BCUT2D eigenvalue weighted by Crippen LogP contribution is 2.45. The van der Waals surface area contributed by atoms with E-state index in [1.54, 1.807) is 6.92 Å². The Hall–Kier alpha value is -8.29. The number of halogens is 1. The molecule has 8 aromatic carbocycles. The highest BCUT2D eigenvalue weighted by molar-refractivity contribution is 6.11. The average molecular weight is 857 g/mol. The molecule has 316 valence electrons.